The van der Waals surface area contributed by atoms with E-state index in [2.05, 4.69) is 188 Å². The summed E-state index contributed by atoms with van der Waals surface area (Å²) in [4.78, 5) is 10.3. The van der Waals surface area contributed by atoms with Crippen molar-refractivity contribution in [1.29, 1.82) is 0 Å². The maximum absolute atomic E-state index is 6.83. The Morgan fingerprint density at radius 3 is 1.71 bits per heavy atom. The highest BCUT2D eigenvalue weighted by molar-refractivity contribution is 6.08. The number of hydrogen-bond acceptors (Lipinski definition) is 3. The van der Waals surface area contributed by atoms with Crippen LogP contribution in [0.1, 0.15) is 22.3 Å². The summed E-state index contributed by atoms with van der Waals surface area (Å²) in [5.74, 6) is 2.45. The molecular weight excluding hydrogens is 705 g/mol. The third-order valence-corrected chi connectivity index (χ3v) is 12.1. The summed E-state index contributed by atoms with van der Waals surface area (Å²) in [5.41, 5.74) is 13.9. The highest BCUT2D eigenvalue weighted by atomic mass is 16.5. The van der Waals surface area contributed by atoms with E-state index in [1.807, 2.05) is 18.2 Å². The number of hydrogen-bond donors (Lipinski definition) is 0. The van der Waals surface area contributed by atoms with Gasteiger partial charge in [-0.2, -0.15) is 0 Å². The van der Waals surface area contributed by atoms with Gasteiger partial charge in [0.15, 0.2) is 5.82 Å². The normalized spacial score (nSPS) is 13.1. The molecule has 12 rings (SSSR count). The van der Waals surface area contributed by atoms with Gasteiger partial charge in [-0.25, -0.2) is 9.97 Å². The Morgan fingerprint density at radius 1 is 0.328 bits per heavy atom. The maximum atomic E-state index is 6.83. The molecule has 58 heavy (non-hydrogen) atoms. The van der Waals surface area contributed by atoms with E-state index in [0.717, 1.165) is 56.3 Å². The van der Waals surface area contributed by atoms with E-state index in [1.54, 1.807) is 0 Å². The summed E-state index contributed by atoms with van der Waals surface area (Å²) >= 11 is 0. The third-order valence-electron chi connectivity index (χ3n) is 12.1. The highest BCUT2D eigenvalue weighted by Gasteiger charge is 2.50. The minimum absolute atomic E-state index is 0.487. The Hall–Kier alpha value is -7.62. The quantitative estimate of drug-likeness (QED) is 0.169. The van der Waals surface area contributed by atoms with E-state index in [1.165, 1.54) is 49.4 Å². The van der Waals surface area contributed by atoms with Crippen molar-refractivity contribution in [3.05, 3.63) is 229 Å². The van der Waals surface area contributed by atoms with Crippen molar-refractivity contribution in [3.63, 3.8) is 0 Å². The molecule has 0 amide bonds. The Bertz CT molecular complexity index is 3230. The molecule has 0 unspecified atom stereocenters. The zero-order chi connectivity index (χ0) is 38.2. The van der Waals surface area contributed by atoms with Crippen molar-refractivity contribution >= 4 is 21.5 Å². The zero-order valence-electron chi connectivity index (χ0n) is 31.4. The van der Waals surface area contributed by atoms with Crippen molar-refractivity contribution in [2.75, 3.05) is 0 Å². The van der Waals surface area contributed by atoms with Crippen LogP contribution < -0.4 is 4.74 Å². The molecule has 1 aromatic heterocycles. The molecule has 10 aromatic rings. The Balaban J connectivity index is 0.990. The van der Waals surface area contributed by atoms with Gasteiger partial charge < -0.3 is 4.74 Å². The van der Waals surface area contributed by atoms with Crippen molar-refractivity contribution in [1.82, 2.24) is 9.97 Å². The number of para-hydroxylation sites is 1. The minimum atomic E-state index is -0.487. The molecule has 0 atom stereocenters. The molecule has 0 bridgehead atoms. The van der Waals surface area contributed by atoms with Gasteiger partial charge >= 0.3 is 0 Å². The van der Waals surface area contributed by atoms with Crippen molar-refractivity contribution < 1.29 is 4.74 Å². The van der Waals surface area contributed by atoms with Crippen LogP contribution >= 0.6 is 0 Å². The first-order valence-electron chi connectivity index (χ1n) is 19.8. The van der Waals surface area contributed by atoms with Gasteiger partial charge in [0.05, 0.1) is 16.8 Å². The lowest BCUT2D eigenvalue weighted by atomic mass is 9.66. The van der Waals surface area contributed by atoms with Crippen LogP contribution in [0.2, 0.25) is 0 Å². The molecule has 1 spiro atoms. The molecule has 9 aromatic carbocycles. The topological polar surface area (TPSA) is 35.0 Å². The standard InChI is InChI=1S/C55H34N2O/c1-2-14-36(15-3-1)54-56-50(34-51(57-54)41-27-29-43-39(32-41)26-25-35-13-4-5-18-42(35)43)40-17-12-16-37(31-40)38-28-30-49-53(33-38)58-52-24-11-10-23-48(52)55(49)46-21-8-6-19-44(46)45-20-7-9-22-47(45)55/h1-34H. The summed E-state index contributed by atoms with van der Waals surface area (Å²) in [6.45, 7) is 0. The van der Waals surface area contributed by atoms with Gasteiger partial charge in [0.25, 0.3) is 0 Å². The first kappa shape index (κ1) is 32.6. The Labute approximate surface area is 336 Å². The van der Waals surface area contributed by atoms with E-state index < -0.39 is 5.41 Å². The van der Waals surface area contributed by atoms with Gasteiger partial charge in [-0.15, -0.1) is 0 Å². The summed E-state index contributed by atoms with van der Waals surface area (Å²) < 4.78 is 6.83. The van der Waals surface area contributed by atoms with Crippen LogP contribution in [0, 0.1) is 0 Å². The molecule has 0 saturated heterocycles. The fourth-order valence-corrected chi connectivity index (χ4v) is 9.53. The van der Waals surface area contributed by atoms with Gasteiger partial charge in [0.1, 0.15) is 11.5 Å². The van der Waals surface area contributed by atoms with Crippen LogP contribution in [0.25, 0.3) is 77.7 Å². The average molecular weight is 739 g/mol. The van der Waals surface area contributed by atoms with Crippen LogP contribution in [-0.4, -0.2) is 9.97 Å². The monoisotopic (exact) mass is 738 g/mol. The van der Waals surface area contributed by atoms with Crippen LogP contribution in [0.4, 0.5) is 0 Å². The predicted octanol–water partition coefficient (Wildman–Crippen LogP) is 13.9. The van der Waals surface area contributed by atoms with Gasteiger partial charge in [-0.05, 0) is 85.3 Å². The van der Waals surface area contributed by atoms with Crippen LogP contribution in [0.3, 0.4) is 0 Å². The van der Waals surface area contributed by atoms with Gasteiger partial charge in [0, 0.05) is 27.8 Å². The van der Waals surface area contributed by atoms with Crippen molar-refractivity contribution in [3.8, 4) is 67.7 Å². The third kappa shape index (κ3) is 4.87. The Morgan fingerprint density at radius 2 is 0.897 bits per heavy atom. The largest absolute Gasteiger partial charge is 0.457 e. The fraction of sp³-hybridized carbons (Fsp3) is 0.0182. The second-order valence-corrected chi connectivity index (χ2v) is 15.3. The van der Waals surface area contributed by atoms with E-state index in [9.17, 15) is 0 Å². The van der Waals surface area contributed by atoms with E-state index >= 15 is 0 Å². The molecule has 3 heteroatoms. The summed E-state index contributed by atoms with van der Waals surface area (Å²) in [6.07, 6.45) is 0. The van der Waals surface area contributed by atoms with Crippen molar-refractivity contribution in [2.24, 2.45) is 0 Å². The van der Waals surface area contributed by atoms with Gasteiger partial charge in [0.2, 0.25) is 0 Å². The second-order valence-electron chi connectivity index (χ2n) is 15.3. The van der Waals surface area contributed by atoms with Crippen LogP contribution in [-0.2, 0) is 5.41 Å². The molecule has 0 fully saturated rings. The molecule has 1 aliphatic heterocycles. The highest BCUT2D eigenvalue weighted by Crippen LogP contribution is 2.62. The molecule has 1 aliphatic carbocycles. The molecule has 3 nitrogen and oxygen atoms in total. The first-order chi connectivity index (χ1) is 28.7. The number of aromatic nitrogens is 2. The van der Waals surface area contributed by atoms with Crippen LogP contribution in [0.15, 0.2) is 206 Å². The molecule has 270 valence electrons. The molecule has 0 N–H and O–H groups in total. The first-order valence-corrected chi connectivity index (χ1v) is 19.8. The van der Waals surface area contributed by atoms with Gasteiger partial charge in [-0.1, -0.05) is 176 Å². The van der Waals surface area contributed by atoms with E-state index in [4.69, 9.17) is 14.7 Å². The summed E-state index contributed by atoms with van der Waals surface area (Å²) in [6, 6.07) is 73.6. The van der Waals surface area contributed by atoms with Crippen LogP contribution in [0.5, 0.6) is 11.5 Å². The smallest absolute Gasteiger partial charge is 0.160 e. The molecule has 2 heterocycles. The second kappa shape index (κ2) is 12.7. The maximum Gasteiger partial charge on any atom is 0.160 e. The lowest BCUT2D eigenvalue weighted by Crippen LogP contribution is -2.32. The number of rotatable bonds is 4. The molecular formula is C55H34N2O. The number of ether oxygens (including phenoxy) is 1. The number of fused-ring (bicyclic) bond motifs is 12. The van der Waals surface area contributed by atoms with E-state index in [-0.39, 0.29) is 0 Å². The SMILES string of the molecule is c1ccc(-c2nc(-c3cccc(-c4ccc5c(c4)Oc4ccccc4C54c5ccccc5-c5ccccc54)c3)cc(-c3ccc4c(ccc5ccccc54)c3)n2)cc1. The summed E-state index contributed by atoms with van der Waals surface area (Å²) in [5, 5.41) is 4.91. The minimum Gasteiger partial charge on any atom is -0.457 e. The molecule has 0 radical (unpaired) electrons. The predicted molar refractivity (Wildman–Crippen MR) is 236 cm³/mol. The average Bonchev–Trinajstić information content (AvgIpc) is 3.59. The fourth-order valence-electron chi connectivity index (χ4n) is 9.53. The molecule has 2 aliphatic rings. The molecule has 0 saturated carbocycles. The lowest BCUT2D eigenvalue weighted by Gasteiger charge is -2.39. The van der Waals surface area contributed by atoms with Crippen molar-refractivity contribution in [2.45, 2.75) is 5.41 Å². The lowest BCUT2D eigenvalue weighted by molar-refractivity contribution is 0.436. The number of benzene rings is 9. The zero-order valence-corrected chi connectivity index (χ0v) is 31.4. The summed E-state index contributed by atoms with van der Waals surface area (Å²) in [7, 11) is 0. The Kier molecular flexibility index (Phi) is 7.14. The van der Waals surface area contributed by atoms with E-state index in [0.29, 0.717) is 5.82 Å². The van der Waals surface area contributed by atoms with Gasteiger partial charge in [-0.3, -0.25) is 0 Å². The number of nitrogens with zero attached hydrogens (tertiary/aromatic N) is 2.